The van der Waals surface area contributed by atoms with Gasteiger partial charge in [-0.15, -0.1) is 0 Å². The van der Waals surface area contributed by atoms with Gasteiger partial charge in [-0.25, -0.2) is 9.07 Å². The van der Waals surface area contributed by atoms with Crippen LogP contribution in [0.4, 0.5) is 4.39 Å². The Balaban J connectivity index is 2.99. The van der Waals surface area contributed by atoms with E-state index in [4.69, 9.17) is 0 Å². The fourth-order valence-corrected chi connectivity index (χ4v) is 1.93. The SMILES string of the molecule is Bc1cc2c(C(C)C)nn(C)c(=O)c2cc1F. The Kier molecular flexibility index (Phi) is 2.77. The smallest absolute Gasteiger partial charge is 0.267 e. The maximum Gasteiger partial charge on any atom is 0.274 e. The molecule has 2 aromatic rings. The molecule has 1 aromatic carbocycles. The second kappa shape index (κ2) is 3.98. The molecule has 0 saturated heterocycles. The van der Waals surface area contributed by atoms with Gasteiger partial charge in [0.1, 0.15) is 13.7 Å². The van der Waals surface area contributed by atoms with Crippen LogP contribution in [0.25, 0.3) is 10.8 Å². The van der Waals surface area contributed by atoms with Crippen molar-refractivity contribution in [2.24, 2.45) is 7.05 Å². The topological polar surface area (TPSA) is 34.9 Å². The van der Waals surface area contributed by atoms with Crippen LogP contribution in [0.15, 0.2) is 16.9 Å². The van der Waals surface area contributed by atoms with Crippen LogP contribution in [0.3, 0.4) is 0 Å². The molecular weight excluding hydrogens is 218 g/mol. The summed E-state index contributed by atoms with van der Waals surface area (Å²) in [5.74, 6) is -0.162. The fourth-order valence-electron chi connectivity index (χ4n) is 1.93. The van der Waals surface area contributed by atoms with Crippen molar-refractivity contribution in [3.63, 3.8) is 0 Å². The van der Waals surface area contributed by atoms with E-state index in [1.54, 1.807) is 21.0 Å². The van der Waals surface area contributed by atoms with Crippen LogP contribution in [0.2, 0.25) is 0 Å². The van der Waals surface area contributed by atoms with Crippen molar-refractivity contribution < 1.29 is 4.39 Å². The van der Waals surface area contributed by atoms with E-state index in [1.807, 2.05) is 13.8 Å². The molecule has 0 aliphatic carbocycles. The van der Waals surface area contributed by atoms with Crippen molar-refractivity contribution in [1.82, 2.24) is 9.78 Å². The Morgan fingerprint density at radius 2 is 2.00 bits per heavy atom. The van der Waals surface area contributed by atoms with E-state index in [0.717, 1.165) is 11.1 Å². The molecule has 0 amide bonds. The van der Waals surface area contributed by atoms with Crippen molar-refractivity contribution >= 4 is 24.1 Å². The van der Waals surface area contributed by atoms with E-state index in [2.05, 4.69) is 5.10 Å². The second-order valence-electron chi connectivity index (χ2n) is 4.62. The zero-order chi connectivity index (χ0) is 12.7. The predicted octanol–water partition coefficient (Wildman–Crippen LogP) is 0.454. The lowest BCUT2D eigenvalue weighted by Gasteiger charge is -2.11. The summed E-state index contributed by atoms with van der Waals surface area (Å²) in [6.45, 7) is 4.01. The number of hydrogen-bond donors (Lipinski definition) is 0. The van der Waals surface area contributed by atoms with Crippen LogP contribution in [0.5, 0.6) is 0 Å². The summed E-state index contributed by atoms with van der Waals surface area (Å²) in [4.78, 5) is 11.9. The molecule has 17 heavy (non-hydrogen) atoms. The molecule has 0 saturated carbocycles. The maximum absolute atomic E-state index is 13.5. The zero-order valence-corrected chi connectivity index (χ0v) is 10.4. The summed E-state index contributed by atoms with van der Waals surface area (Å²) in [6, 6.07) is 3.01. The van der Waals surface area contributed by atoms with Gasteiger partial charge in [0, 0.05) is 12.4 Å². The number of aromatic nitrogens is 2. The molecule has 1 aromatic heterocycles. The highest BCUT2D eigenvalue weighted by atomic mass is 19.1. The molecule has 0 bridgehead atoms. The van der Waals surface area contributed by atoms with E-state index < -0.39 is 0 Å². The number of aryl methyl sites for hydroxylation is 1. The summed E-state index contributed by atoms with van der Waals surface area (Å²) in [5.41, 5.74) is 1.10. The molecule has 5 heteroatoms. The number of hydrogen-bond acceptors (Lipinski definition) is 2. The average molecular weight is 232 g/mol. The predicted molar refractivity (Wildman–Crippen MR) is 69.2 cm³/mol. The van der Waals surface area contributed by atoms with E-state index in [-0.39, 0.29) is 17.3 Å². The van der Waals surface area contributed by atoms with Crippen molar-refractivity contribution in [2.45, 2.75) is 19.8 Å². The van der Waals surface area contributed by atoms with E-state index in [1.165, 1.54) is 10.7 Å². The minimum Gasteiger partial charge on any atom is -0.267 e. The second-order valence-corrected chi connectivity index (χ2v) is 4.62. The Bertz CT molecular complexity index is 649. The lowest BCUT2D eigenvalue weighted by molar-refractivity contribution is 0.635. The van der Waals surface area contributed by atoms with E-state index in [0.29, 0.717) is 10.8 Å². The largest absolute Gasteiger partial charge is 0.274 e. The Morgan fingerprint density at radius 3 is 2.59 bits per heavy atom. The van der Waals surface area contributed by atoms with Gasteiger partial charge in [-0.1, -0.05) is 25.4 Å². The summed E-state index contributed by atoms with van der Waals surface area (Å²) in [7, 11) is 3.28. The highest BCUT2D eigenvalue weighted by Gasteiger charge is 2.13. The number of halogens is 1. The summed E-state index contributed by atoms with van der Waals surface area (Å²) < 4.78 is 14.8. The molecule has 88 valence electrons. The van der Waals surface area contributed by atoms with Crippen LogP contribution in [0.1, 0.15) is 25.5 Å². The minimum atomic E-state index is -0.351. The quantitative estimate of drug-likeness (QED) is 0.669. The van der Waals surface area contributed by atoms with Crippen LogP contribution < -0.4 is 11.0 Å². The first-order chi connectivity index (χ1) is 7.91. The van der Waals surface area contributed by atoms with Gasteiger partial charge in [0.25, 0.3) is 5.56 Å². The lowest BCUT2D eigenvalue weighted by Crippen LogP contribution is -2.23. The van der Waals surface area contributed by atoms with Gasteiger partial charge in [-0.05, 0) is 12.0 Å². The lowest BCUT2D eigenvalue weighted by atomic mass is 9.91. The molecule has 0 unspecified atom stereocenters. The van der Waals surface area contributed by atoms with Gasteiger partial charge in [-0.2, -0.15) is 5.10 Å². The number of rotatable bonds is 1. The Morgan fingerprint density at radius 1 is 1.35 bits per heavy atom. The molecule has 0 spiro atoms. The van der Waals surface area contributed by atoms with Crippen molar-refractivity contribution in [2.75, 3.05) is 0 Å². The van der Waals surface area contributed by atoms with Gasteiger partial charge < -0.3 is 0 Å². The van der Waals surface area contributed by atoms with Crippen molar-refractivity contribution in [3.05, 3.63) is 34.0 Å². The molecule has 0 atom stereocenters. The third kappa shape index (κ3) is 1.86. The first kappa shape index (κ1) is 11.8. The zero-order valence-electron chi connectivity index (χ0n) is 10.4. The van der Waals surface area contributed by atoms with Crippen LogP contribution in [-0.4, -0.2) is 17.6 Å². The normalized spacial score (nSPS) is 11.4. The highest BCUT2D eigenvalue weighted by Crippen LogP contribution is 2.20. The van der Waals surface area contributed by atoms with Gasteiger partial charge >= 0.3 is 0 Å². The first-order valence-corrected chi connectivity index (χ1v) is 5.59. The monoisotopic (exact) mass is 232 g/mol. The molecule has 3 nitrogen and oxygen atoms in total. The average Bonchev–Trinajstić information content (AvgIpc) is 2.26. The number of fused-ring (bicyclic) bond motifs is 1. The molecular formula is C12H14BFN2O. The van der Waals surface area contributed by atoms with Crippen LogP contribution in [0, 0.1) is 5.82 Å². The summed E-state index contributed by atoms with van der Waals surface area (Å²) >= 11 is 0. The molecule has 0 N–H and O–H groups in total. The fraction of sp³-hybridized carbons (Fsp3) is 0.333. The van der Waals surface area contributed by atoms with Crippen LogP contribution >= 0.6 is 0 Å². The molecule has 1 heterocycles. The minimum absolute atomic E-state index is 0.189. The molecule has 2 rings (SSSR count). The van der Waals surface area contributed by atoms with Crippen molar-refractivity contribution in [1.29, 1.82) is 0 Å². The molecule has 0 aliphatic rings. The standard InChI is InChI=1S/C12H14BFN2O/c1-6(2)11-7-4-9(13)10(14)5-8(7)12(17)16(3)15-11/h4-6H,13H2,1-3H3. The number of nitrogens with zero attached hydrogens (tertiary/aromatic N) is 2. The van der Waals surface area contributed by atoms with Gasteiger partial charge in [-0.3, -0.25) is 4.79 Å². The third-order valence-electron chi connectivity index (χ3n) is 2.90. The summed E-state index contributed by atoms with van der Waals surface area (Å²) in [5, 5.41) is 5.40. The molecule has 0 aliphatic heterocycles. The van der Waals surface area contributed by atoms with Crippen molar-refractivity contribution in [3.8, 4) is 0 Å². The van der Waals surface area contributed by atoms with E-state index in [9.17, 15) is 9.18 Å². The number of benzene rings is 1. The molecule has 0 radical (unpaired) electrons. The first-order valence-electron chi connectivity index (χ1n) is 5.59. The Labute approximate surface area is 99.7 Å². The Hall–Kier alpha value is -1.65. The van der Waals surface area contributed by atoms with Gasteiger partial charge in [0.05, 0.1) is 11.1 Å². The summed E-state index contributed by atoms with van der Waals surface area (Å²) in [6.07, 6.45) is 0. The molecule has 0 fully saturated rings. The third-order valence-corrected chi connectivity index (χ3v) is 2.90. The maximum atomic E-state index is 13.5. The van der Waals surface area contributed by atoms with Crippen LogP contribution in [-0.2, 0) is 7.05 Å². The highest BCUT2D eigenvalue weighted by molar-refractivity contribution is 6.33. The van der Waals surface area contributed by atoms with Gasteiger partial charge in [0.2, 0.25) is 0 Å². The van der Waals surface area contributed by atoms with E-state index >= 15 is 0 Å². The van der Waals surface area contributed by atoms with Gasteiger partial charge in [0.15, 0.2) is 0 Å².